The number of aryl methyl sites for hydroxylation is 2. The number of nitrogens with zero attached hydrogens (tertiary/aromatic N) is 4. The normalized spacial score (nSPS) is 11.7. The second kappa shape index (κ2) is 7.49. The summed E-state index contributed by atoms with van der Waals surface area (Å²) in [6, 6.07) is 11.3. The predicted octanol–water partition coefficient (Wildman–Crippen LogP) is 4.02. The number of hydrogen-bond acceptors (Lipinski definition) is 4. The molecule has 30 heavy (non-hydrogen) atoms. The Balaban J connectivity index is 1.92. The van der Waals surface area contributed by atoms with Gasteiger partial charge >= 0.3 is 0 Å². The van der Waals surface area contributed by atoms with Gasteiger partial charge in [0.1, 0.15) is 22.9 Å². The molecule has 9 heteroatoms. The van der Waals surface area contributed by atoms with Crippen molar-refractivity contribution in [2.75, 3.05) is 4.31 Å². The average molecular weight is 428 g/mol. The van der Waals surface area contributed by atoms with E-state index in [0.717, 1.165) is 33.1 Å². The molecule has 0 fully saturated rings. The molecule has 6 nitrogen and oxygen atoms in total. The van der Waals surface area contributed by atoms with E-state index in [4.69, 9.17) is 0 Å². The van der Waals surface area contributed by atoms with E-state index in [1.165, 1.54) is 16.8 Å². The fourth-order valence-corrected chi connectivity index (χ4v) is 4.83. The summed E-state index contributed by atoms with van der Waals surface area (Å²) in [5, 5.41) is 7.65. The van der Waals surface area contributed by atoms with E-state index in [-0.39, 0.29) is 22.8 Å². The second-order valence-electron chi connectivity index (χ2n) is 7.00. The molecular formula is C21H18F2N4O2S. The van der Waals surface area contributed by atoms with Crippen molar-refractivity contribution in [3.63, 3.8) is 0 Å². The molecule has 154 valence electrons. The lowest BCUT2D eigenvalue weighted by atomic mass is 10.1. The van der Waals surface area contributed by atoms with Crippen molar-refractivity contribution >= 4 is 21.4 Å². The largest absolute Gasteiger partial charge is 0.288 e. The van der Waals surface area contributed by atoms with Gasteiger partial charge in [-0.3, -0.25) is 8.71 Å². The maximum Gasteiger partial charge on any atom is 0.268 e. The molecule has 2 aromatic carbocycles. The van der Waals surface area contributed by atoms with Crippen LogP contribution in [0, 0.1) is 25.5 Å². The summed E-state index contributed by atoms with van der Waals surface area (Å²) in [6.07, 6.45) is 3.00. The van der Waals surface area contributed by atoms with Gasteiger partial charge in [0.25, 0.3) is 10.0 Å². The first-order valence-corrected chi connectivity index (χ1v) is 10.5. The van der Waals surface area contributed by atoms with Crippen LogP contribution in [0.1, 0.15) is 16.7 Å². The lowest BCUT2D eigenvalue weighted by molar-refractivity contribution is 0.580. The van der Waals surface area contributed by atoms with Crippen LogP contribution in [0.2, 0.25) is 0 Å². The van der Waals surface area contributed by atoms with Gasteiger partial charge in [0.05, 0.1) is 12.2 Å². The highest BCUT2D eigenvalue weighted by atomic mass is 32.2. The number of halogens is 2. The van der Waals surface area contributed by atoms with E-state index in [0.29, 0.717) is 6.07 Å². The molecule has 0 bridgehead atoms. The van der Waals surface area contributed by atoms with Crippen LogP contribution < -0.4 is 4.31 Å². The molecule has 0 aliphatic rings. The van der Waals surface area contributed by atoms with Crippen molar-refractivity contribution in [1.29, 1.82) is 0 Å². The van der Waals surface area contributed by atoms with Gasteiger partial charge in [-0.15, -0.1) is 10.2 Å². The van der Waals surface area contributed by atoms with Crippen molar-refractivity contribution in [2.45, 2.75) is 25.3 Å². The lowest BCUT2D eigenvalue weighted by Gasteiger charge is -2.26. The third-order valence-electron chi connectivity index (χ3n) is 4.81. The van der Waals surface area contributed by atoms with E-state index in [1.54, 1.807) is 12.3 Å². The fraction of sp³-hybridized carbons (Fsp3) is 0.143. The smallest absolute Gasteiger partial charge is 0.268 e. The number of benzene rings is 2. The first-order valence-electron chi connectivity index (χ1n) is 9.09. The molecule has 0 unspecified atom stereocenters. The van der Waals surface area contributed by atoms with E-state index in [1.807, 2.05) is 32.0 Å². The molecule has 0 radical (unpaired) electrons. The number of fused-ring (bicyclic) bond motifs is 1. The summed E-state index contributed by atoms with van der Waals surface area (Å²) >= 11 is 0. The zero-order valence-electron chi connectivity index (χ0n) is 16.3. The molecular weight excluding hydrogens is 410 g/mol. The Morgan fingerprint density at radius 1 is 1.03 bits per heavy atom. The van der Waals surface area contributed by atoms with Gasteiger partial charge in [0, 0.05) is 12.3 Å². The van der Waals surface area contributed by atoms with Crippen molar-refractivity contribution in [3.05, 3.63) is 89.4 Å². The van der Waals surface area contributed by atoms with Crippen LogP contribution in [-0.4, -0.2) is 23.0 Å². The van der Waals surface area contributed by atoms with E-state index in [9.17, 15) is 17.2 Å². The molecule has 0 amide bonds. The molecule has 0 saturated carbocycles. The number of pyridine rings is 1. The van der Waals surface area contributed by atoms with E-state index >= 15 is 0 Å². The Bertz CT molecular complexity index is 1330. The van der Waals surface area contributed by atoms with Crippen LogP contribution in [-0.2, 0) is 16.6 Å². The lowest BCUT2D eigenvalue weighted by Crippen LogP contribution is -2.31. The minimum absolute atomic E-state index is 0.103. The minimum Gasteiger partial charge on any atom is -0.288 e. The molecule has 0 spiro atoms. The highest BCUT2D eigenvalue weighted by Crippen LogP contribution is 2.30. The zero-order valence-corrected chi connectivity index (χ0v) is 17.1. The molecule has 2 aromatic heterocycles. The third-order valence-corrected chi connectivity index (χ3v) is 6.60. The third kappa shape index (κ3) is 3.63. The van der Waals surface area contributed by atoms with Crippen LogP contribution in [0.15, 0.2) is 66.0 Å². The van der Waals surface area contributed by atoms with Gasteiger partial charge in [0.2, 0.25) is 0 Å². The van der Waals surface area contributed by atoms with Gasteiger partial charge in [-0.2, -0.15) is 0 Å². The van der Waals surface area contributed by atoms with Gasteiger partial charge in [-0.1, -0.05) is 23.8 Å². The molecule has 0 N–H and O–H groups in total. The Morgan fingerprint density at radius 3 is 2.50 bits per heavy atom. The summed E-state index contributed by atoms with van der Waals surface area (Å²) < 4.78 is 57.7. The summed E-state index contributed by atoms with van der Waals surface area (Å²) in [5.41, 5.74) is 2.53. The summed E-state index contributed by atoms with van der Waals surface area (Å²) in [4.78, 5) is -0.113. The minimum atomic E-state index is -4.24. The van der Waals surface area contributed by atoms with Crippen LogP contribution in [0.4, 0.5) is 14.5 Å². The molecule has 2 heterocycles. The number of hydrogen-bond donors (Lipinski definition) is 0. The first-order chi connectivity index (χ1) is 14.3. The van der Waals surface area contributed by atoms with E-state index < -0.39 is 21.7 Å². The molecule has 0 atom stereocenters. The molecule has 4 aromatic rings. The first kappa shape index (κ1) is 20.0. The Morgan fingerprint density at radius 2 is 1.77 bits per heavy atom. The zero-order chi connectivity index (χ0) is 21.5. The van der Waals surface area contributed by atoms with Gasteiger partial charge in [0.15, 0.2) is 5.65 Å². The Labute approximate surface area is 172 Å². The number of rotatable bonds is 5. The van der Waals surface area contributed by atoms with Crippen LogP contribution in [0.3, 0.4) is 0 Å². The molecule has 0 aliphatic carbocycles. The molecule has 0 aliphatic heterocycles. The van der Waals surface area contributed by atoms with Gasteiger partial charge in [-0.05, 0) is 49.2 Å². The quantitative estimate of drug-likeness (QED) is 0.482. The number of anilines is 1. The van der Waals surface area contributed by atoms with Gasteiger partial charge in [-0.25, -0.2) is 17.2 Å². The van der Waals surface area contributed by atoms with Crippen molar-refractivity contribution in [2.24, 2.45) is 0 Å². The van der Waals surface area contributed by atoms with Gasteiger partial charge < -0.3 is 0 Å². The summed E-state index contributed by atoms with van der Waals surface area (Å²) in [6.45, 7) is 3.64. The predicted molar refractivity (Wildman–Crippen MR) is 109 cm³/mol. The maximum absolute atomic E-state index is 14.0. The van der Waals surface area contributed by atoms with Crippen molar-refractivity contribution in [1.82, 2.24) is 14.6 Å². The standard InChI is InChI=1S/C21H18F2N4O2S/c1-14-5-6-15(2)16(8-14)12-27(19-10-17(22)9-18(23)11-19)30(28,29)20-4-3-7-26-13-24-25-21(20)26/h3-11,13H,12H2,1-2H3. The number of aromatic nitrogens is 3. The fourth-order valence-electron chi connectivity index (χ4n) is 3.27. The monoisotopic (exact) mass is 428 g/mol. The Hall–Kier alpha value is -3.33. The Kier molecular flexibility index (Phi) is 4.98. The maximum atomic E-state index is 14.0. The van der Waals surface area contributed by atoms with Crippen LogP contribution in [0.25, 0.3) is 5.65 Å². The molecule has 4 rings (SSSR count). The SMILES string of the molecule is Cc1ccc(C)c(CN(c2cc(F)cc(F)c2)S(=O)(=O)c2cccn3cnnc23)c1. The highest BCUT2D eigenvalue weighted by molar-refractivity contribution is 7.93. The second-order valence-corrected chi connectivity index (χ2v) is 8.83. The van der Waals surface area contributed by atoms with Crippen molar-refractivity contribution < 1.29 is 17.2 Å². The molecule has 0 saturated heterocycles. The van der Waals surface area contributed by atoms with E-state index in [2.05, 4.69) is 10.2 Å². The average Bonchev–Trinajstić information content (AvgIpc) is 3.16. The topological polar surface area (TPSA) is 67.6 Å². The van der Waals surface area contributed by atoms with Crippen LogP contribution in [0.5, 0.6) is 0 Å². The van der Waals surface area contributed by atoms with Crippen molar-refractivity contribution in [3.8, 4) is 0 Å². The van der Waals surface area contributed by atoms with Crippen LogP contribution >= 0.6 is 0 Å². The highest BCUT2D eigenvalue weighted by Gasteiger charge is 2.29. The number of sulfonamides is 1. The summed E-state index contributed by atoms with van der Waals surface area (Å²) in [5.74, 6) is -1.74. The summed E-state index contributed by atoms with van der Waals surface area (Å²) in [7, 11) is -4.24.